The summed E-state index contributed by atoms with van der Waals surface area (Å²) in [5.41, 5.74) is 1.46. The first-order valence-corrected chi connectivity index (χ1v) is 11.4. The molecule has 0 spiro atoms. The zero-order valence-electron chi connectivity index (χ0n) is 20.0. The second-order valence-corrected chi connectivity index (χ2v) is 9.54. The summed E-state index contributed by atoms with van der Waals surface area (Å²) in [4.78, 5) is 34.3. The Morgan fingerprint density at radius 2 is 1.85 bits per heavy atom. The summed E-state index contributed by atoms with van der Waals surface area (Å²) in [6.07, 6.45) is -0.172. The highest BCUT2D eigenvalue weighted by atomic mass is 19.1. The molecule has 2 aliphatic heterocycles. The van der Waals surface area contributed by atoms with Crippen molar-refractivity contribution < 1.29 is 28.2 Å². The number of rotatable bonds is 3. The molecule has 1 atom stereocenters. The number of nitrogens with zero attached hydrogens (tertiary/aromatic N) is 3. The van der Waals surface area contributed by atoms with Crippen LogP contribution in [-0.4, -0.2) is 66.4 Å². The third kappa shape index (κ3) is 5.30. The Labute approximate surface area is 198 Å². The average Bonchev–Trinajstić information content (AvgIpc) is 2.79. The van der Waals surface area contributed by atoms with E-state index in [4.69, 9.17) is 14.2 Å². The standard InChI is InChI=1S/C25H30FN3O5/c1-16-15-33-22-20(29(16)24(31)34-25(2,3)4)14-18(13-17-5-7-19(26)8-6-17)21(27-22)23(30)28-9-11-32-12-10-28/h5-8,14,16H,9-13,15H2,1-4H3/t16-/m0/s1. The van der Waals surface area contributed by atoms with Gasteiger partial charge in [-0.05, 0) is 63.4 Å². The van der Waals surface area contributed by atoms with E-state index in [1.807, 2.05) is 6.92 Å². The minimum absolute atomic E-state index is 0.212. The van der Waals surface area contributed by atoms with Crippen LogP contribution >= 0.6 is 0 Å². The number of fused-ring (bicyclic) bond motifs is 1. The van der Waals surface area contributed by atoms with Crippen LogP contribution in [0.1, 0.15) is 49.3 Å². The first-order chi connectivity index (χ1) is 16.1. The molecule has 1 aromatic carbocycles. The van der Waals surface area contributed by atoms with E-state index in [1.54, 1.807) is 43.9 Å². The number of amides is 2. The molecule has 3 heterocycles. The largest absolute Gasteiger partial charge is 0.474 e. The number of morpholine rings is 1. The van der Waals surface area contributed by atoms with E-state index < -0.39 is 11.7 Å². The number of ether oxygens (including phenoxy) is 3. The van der Waals surface area contributed by atoms with Gasteiger partial charge in [-0.15, -0.1) is 0 Å². The van der Waals surface area contributed by atoms with Crippen LogP contribution < -0.4 is 9.64 Å². The van der Waals surface area contributed by atoms with Gasteiger partial charge in [-0.2, -0.15) is 0 Å². The molecule has 0 unspecified atom stereocenters. The molecule has 182 valence electrons. The Bertz CT molecular complexity index is 1060. The van der Waals surface area contributed by atoms with E-state index >= 15 is 0 Å². The normalized spacial score (nSPS) is 18.2. The molecule has 9 heteroatoms. The van der Waals surface area contributed by atoms with Gasteiger partial charge in [0, 0.05) is 13.1 Å². The number of carbonyl (C=O) groups excluding carboxylic acids is 2. The summed E-state index contributed by atoms with van der Waals surface area (Å²) in [6, 6.07) is 7.57. The Morgan fingerprint density at radius 1 is 1.18 bits per heavy atom. The molecule has 1 saturated heterocycles. The summed E-state index contributed by atoms with van der Waals surface area (Å²) >= 11 is 0. The zero-order chi connectivity index (χ0) is 24.5. The number of hydrogen-bond acceptors (Lipinski definition) is 6. The molecule has 0 radical (unpaired) electrons. The number of benzene rings is 1. The number of aromatic nitrogens is 1. The molecule has 2 aromatic rings. The smallest absolute Gasteiger partial charge is 0.415 e. The van der Waals surface area contributed by atoms with Crippen LogP contribution in [0.5, 0.6) is 5.88 Å². The highest BCUT2D eigenvalue weighted by Gasteiger charge is 2.36. The minimum atomic E-state index is -0.675. The van der Waals surface area contributed by atoms with Gasteiger partial charge in [0.25, 0.3) is 5.91 Å². The summed E-state index contributed by atoms with van der Waals surface area (Å²) < 4.78 is 30.3. The van der Waals surface area contributed by atoms with Crippen molar-refractivity contribution in [1.29, 1.82) is 0 Å². The summed E-state index contributed by atoms with van der Waals surface area (Å²) in [6.45, 7) is 9.36. The van der Waals surface area contributed by atoms with E-state index in [0.29, 0.717) is 44.0 Å². The van der Waals surface area contributed by atoms with E-state index in [2.05, 4.69) is 4.98 Å². The molecule has 2 aliphatic rings. The van der Waals surface area contributed by atoms with Crippen molar-refractivity contribution in [1.82, 2.24) is 9.88 Å². The van der Waals surface area contributed by atoms with E-state index in [9.17, 15) is 14.0 Å². The van der Waals surface area contributed by atoms with Crippen LogP contribution in [-0.2, 0) is 15.9 Å². The van der Waals surface area contributed by atoms with Crippen molar-refractivity contribution in [2.75, 3.05) is 37.8 Å². The second kappa shape index (κ2) is 9.58. The molecule has 1 fully saturated rings. The number of halogens is 1. The maximum Gasteiger partial charge on any atom is 0.415 e. The average molecular weight is 472 g/mol. The maximum absolute atomic E-state index is 13.5. The molecular weight excluding hydrogens is 441 g/mol. The summed E-state index contributed by atoms with van der Waals surface area (Å²) in [7, 11) is 0. The Kier molecular flexibility index (Phi) is 6.74. The first kappa shape index (κ1) is 23.9. The molecule has 2 amide bonds. The lowest BCUT2D eigenvalue weighted by atomic mass is 10.0. The van der Waals surface area contributed by atoms with Gasteiger partial charge in [-0.1, -0.05) is 12.1 Å². The second-order valence-electron chi connectivity index (χ2n) is 9.54. The van der Waals surface area contributed by atoms with Crippen molar-refractivity contribution in [2.24, 2.45) is 0 Å². The van der Waals surface area contributed by atoms with Gasteiger partial charge in [0.2, 0.25) is 5.88 Å². The molecule has 1 aromatic heterocycles. The van der Waals surface area contributed by atoms with Crippen molar-refractivity contribution in [3.63, 3.8) is 0 Å². The van der Waals surface area contributed by atoms with Gasteiger partial charge < -0.3 is 19.1 Å². The van der Waals surface area contributed by atoms with Gasteiger partial charge in [0.15, 0.2) is 0 Å². The molecule has 4 rings (SSSR count). The third-order valence-electron chi connectivity index (χ3n) is 5.61. The van der Waals surface area contributed by atoms with Crippen LogP contribution in [0.2, 0.25) is 0 Å². The zero-order valence-corrected chi connectivity index (χ0v) is 20.0. The van der Waals surface area contributed by atoms with Gasteiger partial charge in [-0.3, -0.25) is 9.69 Å². The van der Waals surface area contributed by atoms with Gasteiger partial charge in [0.05, 0.1) is 19.3 Å². The molecule has 0 saturated carbocycles. The van der Waals surface area contributed by atoms with Crippen LogP contribution in [0.25, 0.3) is 0 Å². The van der Waals surface area contributed by atoms with Gasteiger partial charge >= 0.3 is 6.09 Å². The maximum atomic E-state index is 13.5. The number of anilines is 1. The molecule has 0 bridgehead atoms. The number of hydrogen-bond donors (Lipinski definition) is 0. The van der Waals surface area contributed by atoms with Crippen molar-refractivity contribution in [2.45, 2.75) is 45.8 Å². The van der Waals surface area contributed by atoms with E-state index in [-0.39, 0.29) is 35.9 Å². The highest BCUT2D eigenvalue weighted by Crippen LogP contribution is 2.36. The lowest BCUT2D eigenvalue weighted by Crippen LogP contribution is -2.48. The van der Waals surface area contributed by atoms with E-state index in [0.717, 1.165) is 5.56 Å². The Balaban J connectivity index is 1.77. The van der Waals surface area contributed by atoms with Gasteiger partial charge in [0.1, 0.15) is 29.4 Å². The topological polar surface area (TPSA) is 81.2 Å². The molecule has 8 nitrogen and oxygen atoms in total. The van der Waals surface area contributed by atoms with Crippen molar-refractivity contribution >= 4 is 17.7 Å². The van der Waals surface area contributed by atoms with Gasteiger partial charge in [-0.25, -0.2) is 14.2 Å². The number of carbonyl (C=O) groups is 2. The van der Waals surface area contributed by atoms with E-state index in [1.165, 1.54) is 17.0 Å². The Hall–Kier alpha value is -3.20. The van der Waals surface area contributed by atoms with Crippen LogP contribution in [0.15, 0.2) is 30.3 Å². The fourth-order valence-electron chi connectivity index (χ4n) is 3.96. The van der Waals surface area contributed by atoms with Crippen molar-refractivity contribution in [3.8, 4) is 5.88 Å². The predicted molar refractivity (Wildman–Crippen MR) is 124 cm³/mol. The lowest BCUT2D eigenvalue weighted by molar-refractivity contribution is 0.0297. The molecule has 34 heavy (non-hydrogen) atoms. The predicted octanol–water partition coefficient (Wildman–Crippen LogP) is 3.81. The first-order valence-electron chi connectivity index (χ1n) is 11.4. The third-order valence-corrected chi connectivity index (χ3v) is 5.61. The Morgan fingerprint density at radius 3 is 2.50 bits per heavy atom. The quantitative estimate of drug-likeness (QED) is 0.677. The summed E-state index contributed by atoms with van der Waals surface area (Å²) in [5, 5.41) is 0. The minimum Gasteiger partial charge on any atom is -0.474 e. The lowest BCUT2D eigenvalue weighted by Gasteiger charge is -2.36. The van der Waals surface area contributed by atoms with Crippen LogP contribution in [0.4, 0.5) is 14.9 Å². The fraction of sp³-hybridized carbons (Fsp3) is 0.480. The monoisotopic (exact) mass is 471 g/mol. The van der Waals surface area contributed by atoms with Crippen LogP contribution in [0, 0.1) is 5.82 Å². The highest BCUT2D eigenvalue weighted by molar-refractivity contribution is 5.96. The van der Waals surface area contributed by atoms with Crippen LogP contribution in [0.3, 0.4) is 0 Å². The fourth-order valence-corrected chi connectivity index (χ4v) is 3.96. The number of pyridine rings is 1. The summed E-state index contributed by atoms with van der Waals surface area (Å²) in [5.74, 6) is -0.354. The molecule has 0 N–H and O–H groups in total. The SMILES string of the molecule is C[C@H]1COc2nc(C(=O)N3CCOCC3)c(Cc3ccc(F)cc3)cc2N1C(=O)OC(C)(C)C. The molecular formula is C25H30FN3O5. The van der Waals surface area contributed by atoms with Crippen molar-refractivity contribution in [3.05, 3.63) is 53.0 Å². The molecule has 0 aliphatic carbocycles.